The Morgan fingerprint density at radius 1 is 1.50 bits per heavy atom. The van der Waals surface area contributed by atoms with Crippen LogP contribution in [0.3, 0.4) is 0 Å². The van der Waals surface area contributed by atoms with Crippen molar-refractivity contribution >= 4 is 5.91 Å². The first-order valence-electron chi connectivity index (χ1n) is 7.28. The molecule has 0 bridgehead atoms. The molecule has 1 heterocycles. The van der Waals surface area contributed by atoms with E-state index < -0.39 is 0 Å². The number of nitrogens with one attached hydrogen (secondary N) is 1. The van der Waals surface area contributed by atoms with E-state index in [4.69, 9.17) is 0 Å². The fourth-order valence-corrected chi connectivity index (χ4v) is 2.21. The third-order valence-electron chi connectivity index (χ3n) is 3.78. The van der Waals surface area contributed by atoms with Crippen LogP contribution >= 0.6 is 0 Å². The molecule has 1 atom stereocenters. The van der Waals surface area contributed by atoms with Crippen LogP contribution < -0.4 is 5.32 Å². The van der Waals surface area contributed by atoms with Gasteiger partial charge in [0.05, 0.1) is 6.04 Å². The van der Waals surface area contributed by atoms with E-state index in [2.05, 4.69) is 38.0 Å². The lowest BCUT2D eigenvalue weighted by Crippen LogP contribution is -2.52. The van der Waals surface area contributed by atoms with Gasteiger partial charge in [-0.3, -0.25) is 4.79 Å². The van der Waals surface area contributed by atoms with Gasteiger partial charge in [0.2, 0.25) is 5.91 Å². The number of likely N-dealkylation sites (N-methyl/N-ethyl adjacent to an activating group) is 1. The van der Waals surface area contributed by atoms with Crippen molar-refractivity contribution in [2.75, 3.05) is 33.2 Å². The molecule has 0 radical (unpaired) electrons. The Hall–Kier alpha value is -0.610. The average molecular weight is 255 g/mol. The van der Waals surface area contributed by atoms with Crippen LogP contribution in [0.5, 0.6) is 0 Å². The summed E-state index contributed by atoms with van der Waals surface area (Å²) in [6.07, 6.45) is 3.20. The van der Waals surface area contributed by atoms with Gasteiger partial charge in [-0.1, -0.05) is 6.92 Å². The Labute approximate surface area is 112 Å². The summed E-state index contributed by atoms with van der Waals surface area (Å²) in [5.41, 5.74) is 0. The van der Waals surface area contributed by atoms with Crippen LogP contribution in [0.15, 0.2) is 0 Å². The molecule has 0 aromatic carbocycles. The second-order valence-electron chi connectivity index (χ2n) is 5.55. The average Bonchev–Trinajstić information content (AvgIpc) is 2.35. The number of carbonyl (C=O) groups is 1. The molecule has 1 N–H and O–H groups in total. The SMILES string of the molecule is CCCNC1CCCN(CCN(C)C(C)C)C1=O. The zero-order chi connectivity index (χ0) is 13.5. The predicted molar refractivity (Wildman–Crippen MR) is 75.7 cm³/mol. The molecule has 1 aliphatic heterocycles. The van der Waals surface area contributed by atoms with E-state index in [1.54, 1.807) is 0 Å². The van der Waals surface area contributed by atoms with Gasteiger partial charge in [-0.05, 0) is 46.7 Å². The number of piperidine rings is 1. The molecule has 1 amide bonds. The molecule has 1 aliphatic rings. The van der Waals surface area contributed by atoms with E-state index in [1.165, 1.54) is 0 Å². The van der Waals surface area contributed by atoms with Crippen LogP contribution in [0.2, 0.25) is 0 Å². The molecule has 1 rings (SSSR count). The van der Waals surface area contributed by atoms with Crippen molar-refractivity contribution in [3.05, 3.63) is 0 Å². The quantitative estimate of drug-likeness (QED) is 0.745. The number of carbonyl (C=O) groups excluding carboxylic acids is 1. The lowest BCUT2D eigenvalue weighted by atomic mass is 10.0. The molecule has 106 valence electrons. The normalized spacial score (nSPS) is 21.1. The summed E-state index contributed by atoms with van der Waals surface area (Å²) in [5, 5.41) is 3.36. The first-order chi connectivity index (χ1) is 8.56. The third-order valence-corrected chi connectivity index (χ3v) is 3.78. The van der Waals surface area contributed by atoms with Gasteiger partial charge in [-0.15, -0.1) is 0 Å². The van der Waals surface area contributed by atoms with Crippen LogP contribution in [0.25, 0.3) is 0 Å². The second kappa shape index (κ2) is 7.74. The van der Waals surface area contributed by atoms with Gasteiger partial charge in [0.25, 0.3) is 0 Å². The standard InChI is InChI=1S/C14H29N3O/c1-5-8-15-13-7-6-9-17(14(13)18)11-10-16(4)12(2)3/h12-13,15H,5-11H2,1-4H3. The zero-order valence-electron chi connectivity index (χ0n) is 12.4. The summed E-state index contributed by atoms with van der Waals surface area (Å²) in [6, 6.07) is 0.599. The van der Waals surface area contributed by atoms with Crippen LogP contribution in [0.4, 0.5) is 0 Å². The molecule has 0 aromatic rings. The summed E-state index contributed by atoms with van der Waals surface area (Å²) >= 11 is 0. The van der Waals surface area contributed by atoms with Crippen LogP contribution in [-0.4, -0.2) is 61.0 Å². The molecule has 1 fully saturated rings. The highest BCUT2D eigenvalue weighted by Gasteiger charge is 2.27. The molecule has 1 unspecified atom stereocenters. The van der Waals surface area contributed by atoms with Crippen LogP contribution in [-0.2, 0) is 4.79 Å². The van der Waals surface area contributed by atoms with E-state index in [1.807, 2.05) is 4.90 Å². The summed E-state index contributed by atoms with van der Waals surface area (Å²) in [4.78, 5) is 16.6. The molecule has 4 heteroatoms. The molecule has 0 saturated carbocycles. The minimum atomic E-state index is 0.0584. The topological polar surface area (TPSA) is 35.6 Å². The Balaban J connectivity index is 2.38. The van der Waals surface area contributed by atoms with Crippen LogP contribution in [0.1, 0.15) is 40.0 Å². The fourth-order valence-electron chi connectivity index (χ4n) is 2.21. The lowest BCUT2D eigenvalue weighted by molar-refractivity contribution is -0.136. The van der Waals surface area contributed by atoms with E-state index >= 15 is 0 Å². The first-order valence-corrected chi connectivity index (χ1v) is 7.28. The maximum absolute atomic E-state index is 12.3. The van der Waals surface area contributed by atoms with Crippen molar-refractivity contribution in [2.24, 2.45) is 0 Å². The monoisotopic (exact) mass is 255 g/mol. The molecular weight excluding hydrogens is 226 g/mol. The summed E-state index contributed by atoms with van der Waals surface area (Å²) in [6.45, 7) is 10.2. The number of likely N-dealkylation sites (tertiary alicyclic amines) is 1. The Morgan fingerprint density at radius 2 is 2.22 bits per heavy atom. The highest BCUT2D eigenvalue weighted by Crippen LogP contribution is 2.11. The van der Waals surface area contributed by atoms with E-state index in [9.17, 15) is 4.79 Å². The van der Waals surface area contributed by atoms with Gasteiger partial charge in [0.1, 0.15) is 0 Å². The minimum Gasteiger partial charge on any atom is -0.340 e. The largest absolute Gasteiger partial charge is 0.340 e. The van der Waals surface area contributed by atoms with Crippen molar-refractivity contribution in [1.82, 2.24) is 15.1 Å². The van der Waals surface area contributed by atoms with Crippen molar-refractivity contribution < 1.29 is 4.79 Å². The molecule has 4 nitrogen and oxygen atoms in total. The predicted octanol–water partition coefficient (Wildman–Crippen LogP) is 1.32. The summed E-state index contributed by atoms with van der Waals surface area (Å²) < 4.78 is 0. The highest BCUT2D eigenvalue weighted by molar-refractivity contribution is 5.82. The highest BCUT2D eigenvalue weighted by atomic mass is 16.2. The van der Waals surface area contributed by atoms with Gasteiger partial charge < -0.3 is 15.1 Å². The smallest absolute Gasteiger partial charge is 0.239 e. The molecule has 0 aromatic heterocycles. The molecular formula is C14H29N3O. The number of hydrogen-bond donors (Lipinski definition) is 1. The van der Waals surface area contributed by atoms with Crippen molar-refractivity contribution in [1.29, 1.82) is 0 Å². The zero-order valence-corrected chi connectivity index (χ0v) is 12.4. The summed E-state index contributed by atoms with van der Waals surface area (Å²) in [7, 11) is 2.12. The van der Waals surface area contributed by atoms with Gasteiger partial charge in [-0.2, -0.15) is 0 Å². The van der Waals surface area contributed by atoms with Gasteiger partial charge in [-0.25, -0.2) is 0 Å². The van der Waals surface area contributed by atoms with E-state index in [0.717, 1.165) is 45.4 Å². The lowest BCUT2D eigenvalue weighted by Gasteiger charge is -2.34. The number of rotatable bonds is 7. The number of amides is 1. The van der Waals surface area contributed by atoms with E-state index in [0.29, 0.717) is 11.9 Å². The van der Waals surface area contributed by atoms with Gasteiger partial charge in [0.15, 0.2) is 0 Å². The number of hydrogen-bond acceptors (Lipinski definition) is 3. The molecule has 0 spiro atoms. The fraction of sp³-hybridized carbons (Fsp3) is 0.929. The van der Waals surface area contributed by atoms with Crippen molar-refractivity contribution in [3.8, 4) is 0 Å². The third kappa shape index (κ3) is 4.58. The molecule has 18 heavy (non-hydrogen) atoms. The Morgan fingerprint density at radius 3 is 2.83 bits per heavy atom. The maximum atomic E-state index is 12.3. The van der Waals surface area contributed by atoms with Crippen LogP contribution in [0, 0.1) is 0 Å². The Bertz CT molecular complexity index is 255. The first kappa shape index (κ1) is 15.4. The Kier molecular flexibility index (Phi) is 6.65. The molecule has 0 aliphatic carbocycles. The molecule has 1 saturated heterocycles. The maximum Gasteiger partial charge on any atom is 0.239 e. The number of nitrogens with zero attached hydrogens (tertiary/aromatic N) is 2. The van der Waals surface area contributed by atoms with Crippen molar-refractivity contribution in [2.45, 2.75) is 52.1 Å². The summed E-state index contributed by atoms with van der Waals surface area (Å²) in [5.74, 6) is 0.298. The second-order valence-corrected chi connectivity index (χ2v) is 5.55. The van der Waals surface area contributed by atoms with E-state index in [-0.39, 0.29) is 6.04 Å². The van der Waals surface area contributed by atoms with Crippen molar-refractivity contribution in [3.63, 3.8) is 0 Å². The van der Waals surface area contributed by atoms with Gasteiger partial charge >= 0.3 is 0 Å². The minimum absolute atomic E-state index is 0.0584. The van der Waals surface area contributed by atoms with Gasteiger partial charge in [0, 0.05) is 25.7 Å².